The summed E-state index contributed by atoms with van der Waals surface area (Å²) in [5.41, 5.74) is 9.22. The third-order valence-electron chi connectivity index (χ3n) is 6.81. The van der Waals surface area contributed by atoms with Crippen LogP contribution in [0.15, 0.2) is 84.9 Å². The summed E-state index contributed by atoms with van der Waals surface area (Å²) < 4.78 is 0. The average molecular weight is 427 g/mol. The predicted molar refractivity (Wildman–Crippen MR) is 128 cm³/mol. The lowest BCUT2D eigenvalue weighted by atomic mass is 9.64. The Labute approximate surface area is 190 Å². The van der Waals surface area contributed by atoms with Crippen molar-refractivity contribution in [1.29, 1.82) is 0 Å². The summed E-state index contributed by atoms with van der Waals surface area (Å²) in [7, 11) is 0. The van der Waals surface area contributed by atoms with Gasteiger partial charge in [-0.15, -0.1) is 0 Å². The van der Waals surface area contributed by atoms with E-state index < -0.39 is 5.41 Å². The second-order valence-corrected chi connectivity index (χ2v) is 8.69. The smallest absolute Gasteiger partial charge is 0.232 e. The van der Waals surface area contributed by atoms with Crippen molar-refractivity contribution < 1.29 is 9.59 Å². The molecule has 0 aromatic heterocycles. The molecule has 0 saturated carbocycles. The maximum absolute atomic E-state index is 13.2. The number of nitrogens with zero attached hydrogens (tertiary/aromatic N) is 1. The van der Waals surface area contributed by atoms with E-state index in [0.29, 0.717) is 0 Å². The lowest BCUT2D eigenvalue weighted by Crippen LogP contribution is -2.49. The highest BCUT2D eigenvalue weighted by molar-refractivity contribution is 5.94. The highest BCUT2D eigenvalue weighted by Crippen LogP contribution is 2.43. The monoisotopic (exact) mass is 426 g/mol. The molecule has 1 amide bonds. The molecule has 2 N–H and O–H groups in total. The Bertz CT molecular complexity index is 1020. The van der Waals surface area contributed by atoms with Gasteiger partial charge in [0.05, 0.1) is 0 Å². The third-order valence-corrected chi connectivity index (χ3v) is 6.81. The number of amides is 1. The van der Waals surface area contributed by atoms with Crippen LogP contribution in [0, 0.1) is 5.92 Å². The highest BCUT2D eigenvalue weighted by atomic mass is 16.1. The lowest BCUT2D eigenvalue weighted by molar-refractivity contribution is -0.123. The molecule has 1 fully saturated rings. The van der Waals surface area contributed by atoms with Crippen LogP contribution >= 0.6 is 0 Å². The zero-order chi connectivity index (χ0) is 22.6. The Kier molecular flexibility index (Phi) is 6.52. The van der Waals surface area contributed by atoms with Crippen molar-refractivity contribution in [3.05, 3.63) is 107 Å². The van der Waals surface area contributed by atoms with E-state index in [1.165, 1.54) is 5.56 Å². The van der Waals surface area contributed by atoms with E-state index in [1.807, 2.05) is 84.9 Å². The maximum Gasteiger partial charge on any atom is 0.232 e. The Morgan fingerprint density at radius 3 is 1.97 bits per heavy atom. The number of Topliss-reactive ketones (excluding diaryl/α,β-unsaturated/α-hetero) is 1. The molecule has 1 heterocycles. The van der Waals surface area contributed by atoms with Crippen molar-refractivity contribution >= 4 is 11.7 Å². The van der Waals surface area contributed by atoms with Crippen molar-refractivity contribution in [1.82, 2.24) is 4.90 Å². The van der Waals surface area contributed by atoms with Crippen molar-refractivity contribution in [2.24, 2.45) is 11.7 Å². The molecule has 32 heavy (non-hydrogen) atoms. The van der Waals surface area contributed by atoms with Crippen molar-refractivity contribution in [2.45, 2.75) is 25.2 Å². The average Bonchev–Trinajstić information content (AvgIpc) is 3.29. The van der Waals surface area contributed by atoms with E-state index in [1.54, 1.807) is 6.92 Å². The molecule has 0 spiro atoms. The van der Waals surface area contributed by atoms with E-state index in [-0.39, 0.29) is 17.6 Å². The first-order valence-corrected chi connectivity index (χ1v) is 11.2. The number of carbonyl (C=O) groups excluding carboxylic acids is 2. The second kappa shape index (κ2) is 9.49. The van der Waals surface area contributed by atoms with Crippen LogP contribution in [-0.2, 0) is 16.6 Å². The Morgan fingerprint density at radius 1 is 0.906 bits per heavy atom. The predicted octanol–water partition coefficient (Wildman–Crippen LogP) is 4.23. The first kappa shape index (κ1) is 22.0. The summed E-state index contributed by atoms with van der Waals surface area (Å²) in [5, 5.41) is 0. The Morgan fingerprint density at radius 2 is 1.47 bits per heavy atom. The second-order valence-electron chi connectivity index (χ2n) is 8.69. The largest absolute Gasteiger partial charge is 0.369 e. The number of likely N-dealkylation sites (tertiary alicyclic amines) is 1. The van der Waals surface area contributed by atoms with Gasteiger partial charge in [-0.05, 0) is 48.9 Å². The maximum atomic E-state index is 13.2. The first-order chi connectivity index (χ1) is 15.5. The molecular weight excluding hydrogens is 396 g/mol. The molecule has 1 aliphatic rings. The van der Waals surface area contributed by atoms with E-state index in [9.17, 15) is 9.59 Å². The van der Waals surface area contributed by atoms with Crippen LogP contribution < -0.4 is 5.73 Å². The fourth-order valence-electron chi connectivity index (χ4n) is 5.11. The number of hydrogen-bond donors (Lipinski definition) is 1. The molecule has 164 valence electrons. The van der Waals surface area contributed by atoms with Gasteiger partial charge in [-0.3, -0.25) is 9.59 Å². The van der Waals surface area contributed by atoms with Crippen molar-refractivity contribution in [2.75, 3.05) is 19.6 Å². The lowest BCUT2D eigenvalue weighted by Gasteiger charge is -2.37. The number of rotatable bonds is 8. The minimum atomic E-state index is -0.847. The molecule has 4 rings (SSSR count). The fourth-order valence-corrected chi connectivity index (χ4v) is 5.11. The van der Waals surface area contributed by atoms with Gasteiger partial charge < -0.3 is 10.6 Å². The molecule has 4 heteroatoms. The molecular formula is C28H30N2O2. The summed E-state index contributed by atoms with van der Waals surface area (Å²) in [6, 6.07) is 27.8. The van der Waals surface area contributed by atoms with Crippen LogP contribution in [-0.4, -0.2) is 36.2 Å². The SMILES string of the molecule is CC(=O)c1ccc(CCN2CCC(C(C(N)=O)(c3ccccc3)c3ccccc3)C2)cc1. The molecule has 0 bridgehead atoms. The minimum absolute atomic E-state index is 0.0866. The number of benzene rings is 3. The first-order valence-electron chi connectivity index (χ1n) is 11.2. The summed E-state index contributed by atoms with van der Waals surface area (Å²) in [6.45, 7) is 4.25. The number of carbonyl (C=O) groups is 2. The van der Waals surface area contributed by atoms with Crippen LogP contribution in [0.1, 0.15) is 40.4 Å². The number of nitrogens with two attached hydrogens (primary N) is 1. The minimum Gasteiger partial charge on any atom is -0.369 e. The molecule has 0 aliphatic carbocycles. The molecule has 4 nitrogen and oxygen atoms in total. The molecule has 0 radical (unpaired) electrons. The van der Waals surface area contributed by atoms with Crippen LogP contribution in [0.4, 0.5) is 0 Å². The number of primary amides is 1. The standard InChI is InChI=1S/C28H30N2O2/c1-21(31)23-14-12-22(13-15-23)16-18-30-19-17-26(20-30)28(27(29)32,24-8-4-2-5-9-24)25-10-6-3-7-11-25/h2-15,26H,16-20H2,1H3,(H2,29,32). The third kappa shape index (κ3) is 4.23. The van der Waals surface area contributed by atoms with Crippen molar-refractivity contribution in [3.63, 3.8) is 0 Å². The van der Waals surface area contributed by atoms with Crippen LogP contribution in [0.25, 0.3) is 0 Å². The van der Waals surface area contributed by atoms with Gasteiger partial charge in [-0.25, -0.2) is 0 Å². The molecule has 1 aliphatic heterocycles. The summed E-state index contributed by atoms with van der Waals surface area (Å²) >= 11 is 0. The van der Waals surface area contributed by atoms with E-state index in [2.05, 4.69) is 4.90 Å². The summed E-state index contributed by atoms with van der Waals surface area (Å²) in [4.78, 5) is 27.1. The molecule has 3 aromatic carbocycles. The quantitative estimate of drug-likeness (QED) is 0.549. The van der Waals surface area contributed by atoms with Gasteiger partial charge in [0, 0.05) is 18.7 Å². The number of hydrogen-bond acceptors (Lipinski definition) is 3. The van der Waals surface area contributed by atoms with Crippen LogP contribution in [0.2, 0.25) is 0 Å². The van der Waals surface area contributed by atoms with E-state index >= 15 is 0 Å². The zero-order valence-corrected chi connectivity index (χ0v) is 18.5. The normalized spacial score (nSPS) is 16.7. The Balaban J connectivity index is 1.56. The van der Waals surface area contributed by atoms with Crippen LogP contribution in [0.3, 0.4) is 0 Å². The van der Waals surface area contributed by atoms with E-state index in [0.717, 1.165) is 49.2 Å². The highest BCUT2D eigenvalue weighted by Gasteiger charge is 2.49. The van der Waals surface area contributed by atoms with E-state index in [4.69, 9.17) is 5.73 Å². The van der Waals surface area contributed by atoms with Gasteiger partial charge >= 0.3 is 0 Å². The molecule has 1 atom stereocenters. The Hall–Kier alpha value is -3.24. The summed E-state index contributed by atoms with van der Waals surface area (Å²) in [6.07, 6.45) is 1.82. The van der Waals surface area contributed by atoms with Gasteiger partial charge in [0.25, 0.3) is 0 Å². The topological polar surface area (TPSA) is 63.4 Å². The fraction of sp³-hybridized carbons (Fsp3) is 0.286. The zero-order valence-electron chi connectivity index (χ0n) is 18.5. The van der Waals surface area contributed by atoms with Crippen molar-refractivity contribution in [3.8, 4) is 0 Å². The van der Waals surface area contributed by atoms with Crippen LogP contribution in [0.5, 0.6) is 0 Å². The van der Waals surface area contributed by atoms with Gasteiger partial charge in [-0.2, -0.15) is 0 Å². The number of ketones is 1. The van der Waals surface area contributed by atoms with Gasteiger partial charge in [-0.1, -0.05) is 84.9 Å². The molecule has 1 unspecified atom stereocenters. The van der Waals surface area contributed by atoms with Gasteiger partial charge in [0.15, 0.2) is 5.78 Å². The molecule has 3 aromatic rings. The summed E-state index contributed by atoms with van der Waals surface area (Å²) in [5.74, 6) is -0.102. The van der Waals surface area contributed by atoms with Gasteiger partial charge in [0.2, 0.25) is 5.91 Å². The molecule has 1 saturated heterocycles. The van der Waals surface area contributed by atoms with Gasteiger partial charge in [0.1, 0.15) is 5.41 Å².